The van der Waals surface area contributed by atoms with Gasteiger partial charge < -0.3 is 15.4 Å². The van der Waals surface area contributed by atoms with E-state index in [4.69, 9.17) is 16.3 Å². The van der Waals surface area contributed by atoms with Gasteiger partial charge in [-0.1, -0.05) is 23.7 Å². The predicted octanol–water partition coefficient (Wildman–Crippen LogP) is 4.33. The minimum Gasteiger partial charge on any atom is -0.497 e. The minimum absolute atomic E-state index is 0.383. The van der Waals surface area contributed by atoms with Gasteiger partial charge in [-0.25, -0.2) is 0 Å². The fraction of sp³-hybridized carbons (Fsp3) is 0.118. The van der Waals surface area contributed by atoms with Crippen LogP contribution in [-0.2, 0) is 0 Å². The third-order valence-electron chi connectivity index (χ3n) is 3.35. The van der Waals surface area contributed by atoms with Gasteiger partial charge in [-0.05, 0) is 36.8 Å². The Balaban J connectivity index is 1.80. The number of rotatable bonds is 5. The van der Waals surface area contributed by atoms with Crippen LogP contribution in [0.4, 0.5) is 23.1 Å². The highest BCUT2D eigenvalue weighted by atomic mass is 35.5. The Morgan fingerprint density at radius 2 is 1.96 bits per heavy atom. The van der Waals surface area contributed by atoms with E-state index in [-0.39, 0.29) is 0 Å². The summed E-state index contributed by atoms with van der Waals surface area (Å²) in [4.78, 5) is 4.41. The molecule has 0 amide bonds. The highest BCUT2D eigenvalue weighted by Crippen LogP contribution is 2.24. The number of benzene rings is 2. The number of hydrogen-bond donors (Lipinski definition) is 2. The molecule has 3 aromatic rings. The van der Waals surface area contributed by atoms with Gasteiger partial charge in [0.1, 0.15) is 5.75 Å². The standard InChI is InChI=1S/C17H16ClN5O/c1-11-6-7-12(18)8-15(11)21-17-22-16(10-19-23-17)20-13-4-3-5-14(9-13)24-2/h3-10H,1-2H3,(H2,20,21,22,23). The fourth-order valence-corrected chi connectivity index (χ4v) is 2.29. The van der Waals surface area contributed by atoms with E-state index in [0.29, 0.717) is 16.8 Å². The lowest BCUT2D eigenvalue weighted by Crippen LogP contribution is -2.03. The highest BCUT2D eigenvalue weighted by Gasteiger charge is 2.05. The van der Waals surface area contributed by atoms with E-state index < -0.39 is 0 Å². The second-order valence-electron chi connectivity index (χ2n) is 5.11. The van der Waals surface area contributed by atoms with Gasteiger partial charge in [0, 0.05) is 22.5 Å². The van der Waals surface area contributed by atoms with Crippen molar-refractivity contribution in [2.45, 2.75) is 6.92 Å². The lowest BCUT2D eigenvalue weighted by Gasteiger charge is -2.10. The molecule has 0 unspecified atom stereocenters. The average Bonchev–Trinajstić information content (AvgIpc) is 2.59. The Hall–Kier alpha value is -2.86. The molecule has 7 heteroatoms. The lowest BCUT2D eigenvalue weighted by atomic mass is 10.2. The third-order valence-corrected chi connectivity index (χ3v) is 3.58. The van der Waals surface area contributed by atoms with E-state index in [9.17, 15) is 0 Å². The van der Waals surface area contributed by atoms with Crippen LogP contribution < -0.4 is 15.4 Å². The van der Waals surface area contributed by atoms with E-state index in [1.807, 2.05) is 49.4 Å². The van der Waals surface area contributed by atoms with Crippen LogP contribution in [-0.4, -0.2) is 22.3 Å². The molecule has 0 aliphatic heterocycles. The van der Waals surface area contributed by atoms with Crippen molar-refractivity contribution in [1.29, 1.82) is 0 Å². The summed E-state index contributed by atoms with van der Waals surface area (Å²) in [5.74, 6) is 1.71. The van der Waals surface area contributed by atoms with Crippen molar-refractivity contribution in [1.82, 2.24) is 15.2 Å². The Bertz CT molecular complexity index is 856. The second kappa shape index (κ2) is 7.14. The maximum Gasteiger partial charge on any atom is 0.249 e. The van der Waals surface area contributed by atoms with E-state index in [2.05, 4.69) is 25.8 Å². The number of aromatic nitrogens is 3. The molecule has 6 nitrogen and oxygen atoms in total. The molecule has 0 aliphatic rings. The van der Waals surface area contributed by atoms with E-state index in [1.54, 1.807) is 13.3 Å². The van der Waals surface area contributed by atoms with Gasteiger partial charge >= 0.3 is 0 Å². The molecule has 0 radical (unpaired) electrons. The molecule has 0 saturated carbocycles. The number of aryl methyl sites for hydroxylation is 1. The second-order valence-corrected chi connectivity index (χ2v) is 5.54. The molecule has 2 aromatic carbocycles. The van der Waals surface area contributed by atoms with Crippen LogP contribution in [0.2, 0.25) is 5.02 Å². The van der Waals surface area contributed by atoms with Gasteiger partial charge in [-0.15, -0.1) is 5.10 Å². The molecule has 0 bridgehead atoms. The molecular weight excluding hydrogens is 326 g/mol. The molecule has 0 atom stereocenters. The van der Waals surface area contributed by atoms with Crippen LogP contribution in [0.5, 0.6) is 5.75 Å². The molecule has 1 heterocycles. The van der Waals surface area contributed by atoms with Crippen LogP contribution in [0.15, 0.2) is 48.7 Å². The smallest absolute Gasteiger partial charge is 0.249 e. The summed E-state index contributed by atoms with van der Waals surface area (Å²) in [7, 11) is 1.63. The van der Waals surface area contributed by atoms with Gasteiger partial charge in [-0.3, -0.25) is 0 Å². The Morgan fingerprint density at radius 3 is 2.79 bits per heavy atom. The maximum absolute atomic E-state index is 6.03. The highest BCUT2D eigenvalue weighted by molar-refractivity contribution is 6.30. The van der Waals surface area contributed by atoms with E-state index in [0.717, 1.165) is 22.7 Å². The van der Waals surface area contributed by atoms with Gasteiger partial charge in [0.25, 0.3) is 0 Å². The maximum atomic E-state index is 6.03. The summed E-state index contributed by atoms with van der Waals surface area (Å²) >= 11 is 6.03. The molecule has 24 heavy (non-hydrogen) atoms. The Kier molecular flexibility index (Phi) is 4.77. The third kappa shape index (κ3) is 3.91. The number of hydrogen-bond acceptors (Lipinski definition) is 6. The van der Waals surface area contributed by atoms with Gasteiger partial charge in [0.15, 0.2) is 5.82 Å². The van der Waals surface area contributed by atoms with Crippen molar-refractivity contribution in [2.24, 2.45) is 0 Å². The predicted molar refractivity (Wildman–Crippen MR) is 95.6 cm³/mol. The monoisotopic (exact) mass is 341 g/mol. The molecule has 0 fully saturated rings. The summed E-state index contributed by atoms with van der Waals surface area (Å²) in [6, 6.07) is 13.1. The van der Waals surface area contributed by atoms with Crippen molar-refractivity contribution in [3.63, 3.8) is 0 Å². The summed E-state index contributed by atoms with van der Waals surface area (Å²) in [6.07, 6.45) is 1.55. The quantitative estimate of drug-likeness (QED) is 0.719. The molecule has 3 rings (SSSR count). The van der Waals surface area contributed by atoms with Gasteiger partial charge in [-0.2, -0.15) is 10.1 Å². The molecular formula is C17H16ClN5O. The van der Waals surface area contributed by atoms with Gasteiger partial charge in [0.05, 0.1) is 13.3 Å². The van der Waals surface area contributed by atoms with Crippen LogP contribution in [0.1, 0.15) is 5.56 Å². The first kappa shape index (κ1) is 16.0. The van der Waals surface area contributed by atoms with Crippen molar-refractivity contribution in [2.75, 3.05) is 17.7 Å². The minimum atomic E-state index is 0.383. The fourth-order valence-electron chi connectivity index (χ4n) is 2.11. The number of nitrogens with zero attached hydrogens (tertiary/aromatic N) is 3. The van der Waals surface area contributed by atoms with Crippen LogP contribution >= 0.6 is 11.6 Å². The van der Waals surface area contributed by atoms with Crippen molar-refractivity contribution < 1.29 is 4.74 Å². The number of nitrogens with one attached hydrogen (secondary N) is 2. The largest absolute Gasteiger partial charge is 0.497 e. The lowest BCUT2D eigenvalue weighted by molar-refractivity contribution is 0.415. The molecule has 1 aromatic heterocycles. The normalized spacial score (nSPS) is 10.3. The van der Waals surface area contributed by atoms with Crippen molar-refractivity contribution >= 4 is 34.7 Å². The molecule has 0 aliphatic carbocycles. The van der Waals surface area contributed by atoms with Crippen molar-refractivity contribution in [3.05, 3.63) is 59.2 Å². The van der Waals surface area contributed by atoms with Gasteiger partial charge in [0.2, 0.25) is 5.95 Å². The first-order valence-corrected chi connectivity index (χ1v) is 7.66. The zero-order chi connectivity index (χ0) is 16.9. The summed E-state index contributed by atoms with van der Waals surface area (Å²) in [5.41, 5.74) is 2.72. The zero-order valence-electron chi connectivity index (χ0n) is 13.2. The first-order chi connectivity index (χ1) is 11.6. The molecule has 122 valence electrons. The zero-order valence-corrected chi connectivity index (χ0v) is 14.0. The number of methoxy groups -OCH3 is 1. The summed E-state index contributed by atoms with van der Waals surface area (Å²) in [6.45, 7) is 1.98. The molecule has 0 spiro atoms. The summed E-state index contributed by atoms with van der Waals surface area (Å²) < 4.78 is 5.21. The Morgan fingerprint density at radius 1 is 1.08 bits per heavy atom. The number of ether oxygens (including phenoxy) is 1. The van der Waals surface area contributed by atoms with Crippen molar-refractivity contribution in [3.8, 4) is 5.75 Å². The first-order valence-electron chi connectivity index (χ1n) is 7.28. The van der Waals surface area contributed by atoms with Crippen LogP contribution in [0.25, 0.3) is 0 Å². The SMILES string of the molecule is COc1cccc(Nc2cnnc(Nc3cc(Cl)ccc3C)n2)c1. The van der Waals surface area contributed by atoms with Crippen LogP contribution in [0.3, 0.4) is 0 Å². The van der Waals surface area contributed by atoms with Crippen LogP contribution in [0, 0.1) is 6.92 Å². The topological polar surface area (TPSA) is 72.0 Å². The van der Waals surface area contributed by atoms with E-state index in [1.165, 1.54) is 0 Å². The number of anilines is 4. The molecule has 2 N–H and O–H groups in total. The Labute approximate surface area is 144 Å². The molecule has 0 saturated heterocycles. The van der Waals surface area contributed by atoms with E-state index >= 15 is 0 Å². The average molecular weight is 342 g/mol. The number of halogens is 1. The summed E-state index contributed by atoms with van der Waals surface area (Å²) in [5, 5.41) is 14.9.